The van der Waals surface area contributed by atoms with Crippen LogP contribution in [-0.4, -0.2) is 4.98 Å². The average molecular weight is 296 g/mol. The van der Waals surface area contributed by atoms with E-state index in [1.165, 1.54) is 0 Å². The van der Waals surface area contributed by atoms with Crippen molar-refractivity contribution in [2.45, 2.75) is 0 Å². The standard InChI is InChI=1S/C17H14ClN3/c18-16-7-4-8-17(21-16)20-15-11-9-14(10-12-15)19-13-5-2-1-3-6-13/h1-12,19H,(H,20,21). The van der Waals surface area contributed by atoms with Crippen molar-refractivity contribution in [3.8, 4) is 0 Å². The van der Waals surface area contributed by atoms with Gasteiger partial charge in [-0.15, -0.1) is 0 Å². The van der Waals surface area contributed by atoms with Crippen LogP contribution >= 0.6 is 11.6 Å². The van der Waals surface area contributed by atoms with Crippen molar-refractivity contribution >= 4 is 34.5 Å². The van der Waals surface area contributed by atoms with Crippen LogP contribution in [0.4, 0.5) is 22.9 Å². The largest absolute Gasteiger partial charge is 0.356 e. The number of pyridine rings is 1. The Morgan fingerprint density at radius 2 is 1.24 bits per heavy atom. The van der Waals surface area contributed by atoms with Crippen LogP contribution < -0.4 is 10.6 Å². The predicted molar refractivity (Wildman–Crippen MR) is 88.7 cm³/mol. The topological polar surface area (TPSA) is 37.0 Å². The lowest BCUT2D eigenvalue weighted by molar-refractivity contribution is 1.31. The van der Waals surface area contributed by atoms with Gasteiger partial charge in [0.15, 0.2) is 0 Å². The van der Waals surface area contributed by atoms with Gasteiger partial charge in [0, 0.05) is 17.1 Å². The number of nitrogens with one attached hydrogen (secondary N) is 2. The molecule has 0 unspecified atom stereocenters. The number of hydrogen-bond donors (Lipinski definition) is 2. The summed E-state index contributed by atoms with van der Waals surface area (Å²) < 4.78 is 0. The van der Waals surface area contributed by atoms with E-state index in [1.54, 1.807) is 6.07 Å². The van der Waals surface area contributed by atoms with Crippen LogP contribution in [0.5, 0.6) is 0 Å². The number of benzene rings is 2. The second kappa shape index (κ2) is 6.29. The molecule has 3 rings (SSSR count). The summed E-state index contributed by atoms with van der Waals surface area (Å²) in [5.41, 5.74) is 3.06. The van der Waals surface area contributed by atoms with Crippen LogP contribution in [0.1, 0.15) is 0 Å². The Bertz CT molecular complexity index is 712. The van der Waals surface area contributed by atoms with Gasteiger partial charge >= 0.3 is 0 Å². The van der Waals surface area contributed by atoms with E-state index >= 15 is 0 Å². The average Bonchev–Trinajstić information content (AvgIpc) is 2.50. The van der Waals surface area contributed by atoms with Crippen LogP contribution in [0, 0.1) is 0 Å². The van der Waals surface area contributed by atoms with Gasteiger partial charge in [0.2, 0.25) is 0 Å². The van der Waals surface area contributed by atoms with Gasteiger partial charge in [-0.2, -0.15) is 0 Å². The molecular weight excluding hydrogens is 282 g/mol. The number of nitrogens with zero attached hydrogens (tertiary/aromatic N) is 1. The fraction of sp³-hybridized carbons (Fsp3) is 0. The third-order valence-corrected chi connectivity index (χ3v) is 3.15. The van der Waals surface area contributed by atoms with Crippen LogP contribution in [0.3, 0.4) is 0 Å². The van der Waals surface area contributed by atoms with Gasteiger partial charge in [-0.25, -0.2) is 4.98 Å². The summed E-state index contributed by atoms with van der Waals surface area (Å²) in [7, 11) is 0. The summed E-state index contributed by atoms with van der Waals surface area (Å²) in [6, 6.07) is 23.6. The highest BCUT2D eigenvalue weighted by atomic mass is 35.5. The van der Waals surface area contributed by atoms with Crippen molar-refractivity contribution in [3.05, 3.63) is 77.9 Å². The third kappa shape index (κ3) is 3.74. The van der Waals surface area contributed by atoms with Crippen LogP contribution in [0.15, 0.2) is 72.8 Å². The maximum atomic E-state index is 5.87. The Labute approximate surface area is 128 Å². The molecule has 1 aromatic heterocycles. The molecule has 4 heteroatoms. The quantitative estimate of drug-likeness (QED) is 0.648. The van der Waals surface area contributed by atoms with Crippen LogP contribution in [0.25, 0.3) is 0 Å². The van der Waals surface area contributed by atoms with Gasteiger partial charge < -0.3 is 10.6 Å². The summed E-state index contributed by atoms with van der Waals surface area (Å²) in [5, 5.41) is 7.03. The molecule has 3 aromatic rings. The molecule has 0 aliphatic rings. The van der Waals surface area contributed by atoms with Gasteiger partial charge in [0.25, 0.3) is 0 Å². The number of halogens is 1. The molecule has 104 valence electrons. The molecule has 0 saturated carbocycles. The van der Waals surface area contributed by atoms with E-state index < -0.39 is 0 Å². The van der Waals surface area contributed by atoms with Crippen molar-refractivity contribution < 1.29 is 0 Å². The molecule has 3 nitrogen and oxygen atoms in total. The minimum absolute atomic E-state index is 0.474. The van der Waals surface area contributed by atoms with Crippen molar-refractivity contribution in [3.63, 3.8) is 0 Å². The summed E-state index contributed by atoms with van der Waals surface area (Å²) in [6.45, 7) is 0. The Hall–Kier alpha value is -2.52. The lowest BCUT2D eigenvalue weighted by Gasteiger charge is -2.09. The second-order valence-electron chi connectivity index (χ2n) is 4.54. The Morgan fingerprint density at radius 3 is 1.90 bits per heavy atom. The van der Waals surface area contributed by atoms with Crippen molar-refractivity contribution in [2.75, 3.05) is 10.6 Å². The lowest BCUT2D eigenvalue weighted by Crippen LogP contribution is -1.94. The zero-order valence-electron chi connectivity index (χ0n) is 11.3. The molecule has 2 N–H and O–H groups in total. The number of rotatable bonds is 4. The predicted octanol–water partition coefficient (Wildman–Crippen LogP) is 5.22. The number of aromatic nitrogens is 1. The van der Waals surface area contributed by atoms with Gasteiger partial charge in [-0.05, 0) is 48.5 Å². The molecule has 0 spiro atoms. The molecule has 0 amide bonds. The van der Waals surface area contributed by atoms with Gasteiger partial charge in [-0.3, -0.25) is 0 Å². The SMILES string of the molecule is Clc1cccc(Nc2ccc(Nc3ccccc3)cc2)n1. The molecule has 21 heavy (non-hydrogen) atoms. The minimum atomic E-state index is 0.474. The fourth-order valence-electron chi connectivity index (χ4n) is 1.95. The normalized spacial score (nSPS) is 10.1. The highest BCUT2D eigenvalue weighted by Crippen LogP contribution is 2.21. The number of para-hydroxylation sites is 1. The van der Waals surface area contributed by atoms with E-state index in [1.807, 2.05) is 66.7 Å². The Kier molecular flexibility index (Phi) is 4.03. The maximum absolute atomic E-state index is 5.87. The van der Waals surface area contributed by atoms with E-state index in [9.17, 15) is 0 Å². The van der Waals surface area contributed by atoms with Crippen molar-refractivity contribution in [1.82, 2.24) is 4.98 Å². The molecular formula is C17H14ClN3. The van der Waals surface area contributed by atoms with Crippen LogP contribution in [0.2, 0.25) is 5.15 Å². The molecule has 0 fully saturated rings. The minimum Gasteiger partial charge on any atom is -0.356 e. The maximum Gasteiger partial charge on any atom is 0.132 e. The van der Waals surface area contributed by atoms with E-state index in [4.69, 9.17) is 11.6 Å². The molecule has 2 aromatic carbocycles. The number of hydrogen-bond acceptors (Lipinski definition) is 3. The molecule has 0 saturated heterocycles. The summed E-state index contributed by atoms with van der Waals surface area (Å²) in [6.07, 6.45) is 0. The summed E-state index contributed by atoms with van der Waals surface area (Å²) >= 11 is 5.87. The Morgan fingerprint density at radius 1 is 0.619 bits per heavy atom. The molecule has 0 aliphatic heterocycles. The van der Waals surface area contributed by atoms with Crippen molar-refractivity contribution in [2.24, 2.45) is 0 Å². The first kappa shape index (κ1) is 13.5. The fourth-order valence-corrected chi connectivity index (χ4v) is 2.11. The highest BCUT2D eigenvalue weighted by Gasteiger charge is 1.98. The lowest BCUT2D eigenvalue weighted by atomic mass is 10.2. The van der Waals surface area contributed by atoms with E-state index in [0.29, 0.717) is 5.15 Å². The molecule has 0 aliphatic carbocycles. The zero-order chi connectivity index (χ0) is 14.5. The first-order valence-electron chi connectivity index (χ1n) is 6.61. The van der Waals surface area contributed by atoms with E-state index in [2.05, 4.69) is 15.6 Å². The molecule has 1 heterocycles. The summed E-state index contributed by atoms with van der Waals surface area (Å²) in [5.74, 6) is 0.728. The van der Waals surface area contributed by atoms with Crippen molar-refractivity contribution in [1.29, 1.82) is 0 Å². The first-order chi connectivity index (χ1) is 10.3. The monoisotopic (exact) mass is 295 g/mol. The number of anilines is 4. The Balaban J connectivity index is 1.69. The van der Waals surface area contributed by atoms with E-state index in [0.717, 1.165) is 22.9 Å². The van der Waals surface area contributed by atoms with Gasteiger partial charge in [0.05, 0.1) is 0 Å². The molecule has 0 atom stereocenters. The first-order valence-corrected chi connectivity index (χ1v) is 6.99. The van der Waals surface area contributed by atoms with Crippen LogP contribution in [-0.2, 0) is 0 Å². The molecule has 0 radical (unpaired) electrons. The zero-order valence-corrected chi connectivity index (χ0v) is 12.0. The van der Waals surface area contributed by atoms with Gasteiger partial charge in [0.1, 0.15) is 11.0 Å². The summed E-state index contributed by atoms with van der Waals surface area (Å²) in [4.78, 5) is 4.20. The smallest absolute Gasteiger partial charge is 0.132 e. The molecule has 0 bridgehead atoms. The third-order valence-electron chi connectivity index (χ3n) is 2.93. The van der Waals surface area contributed by atoms with Gasteiger partial charge in [-0.1, -0.05) is 35.9 Å². The van der Waals surface area contributed by atoms with E-state index in [-0.39, 0.29) is 0 Å². The second-order valence-corrected chi connectivity index (χ2v) is 4.93. The highest BCUT2D eigenvalue weighted by molar-refractivity contribution is 6.29.